The molecule has 0 radical (unpaired) electrons. The molecule has 0 aliphatic carbocycles. The van der Waals surface area contributed by atoms with Gasteiger partial charge in [0.1, 0.15) is 0 Å². The molecule has 0 atom stereocenters. The fourth-order valence-electron chi connectivity index (χ4n) is 3.45. The molecule has 1 N–H and O–H groups in total. The maximum Gasteiger partial charge on any atom is 0.336 e. The summed E-state index contributed by atoms with van der Waals surface area (Å²) in [5, 5.41) is 17.6. The Morgan fingerprint density at radius 1 is 0.929 bits per heavy atom. The maximum atomic E-state index is 12.8. The predicted octanol–water partition coefficient (Wildman–Crippen LogP) is 3.45. The number of amides is 1. The minimum atomic E-state index is -1.10. The van der Waals surface area contributed by atoms with Gasteiger partial charge in [-0.25, -0.2) is 4.79 Å². The molecule has 4 rings (SSSR count). The fourth-order valence-corrected chi connectivity index (χ4v) is 3.45. The Kier molecular flexibility index (Phi) is 4.89. The molecule has 142 valence electrons. The third kappa shape index (κ3) is 3.51. The molecule has 1 saturated heterocycles. The van der Waals surface area contributed by atoms with Gasteiger partial charge in [0.05, 0.1) is 11.1 Å². The first kappa shape index (κ1) is 17.9. The molecule has 28 heavy (non-hydrogen) atoms. The molecule has 0 saturated carbocycles. The summed E-state index contributed by atoms with van der Waals surface area (Å²) < 4.78 is 5.84. The van der Waals surface area contributed by atoms with E-state index >= 15 is 0 Å². The number of carboxylic acid groups (broad SMARTS) is 1. The number of rotatable bonds is 4. The van der Waals surface area contributed by atoms with Crippen LogP contribution in [0, 0.1) is 0 Å². The van der Waals surface area contributed by atoms with Crippen LogP contribution in [0.25, 0.3) is 11.5 Å². The average Bonchev–Trinajstić information content (AvgIpc) is 3.24. The number of benzene rings is 2. The minimum Gasteiger partial charge on any atom is -0.478 e. The zero-order valence-electron chi connectivity index (χ0n) is 15.1. The van der Waals surface area contributed by atoms with Crippen molar-refractivity contribution in [1.82, 2.24) is 15.1 Å². The van der Waals surface area contributed by atoms with E-state index in [1.165, 1.54) is 6.07 Å². The van der Waals surface area contributed by atoms with Crippen LogP contribution in [0.15, 0.2) is 59.0 Å². The second kappa shape index (κ2) is 7.64. The topological polar surface area (TPSA) is 96.5 Å². The van der Waals surface area contributed by atoms with Crippen LogP contribution in [0.2, 0.25) is 0 Å². The Morgan fingerprint density at radius 3 is 2.25 bits per heavy atom. The van der Waals surface area contributed by atoms with E-state index in [0.29, 0.717) is 37.7 Å². The number of likely N-dealkylation sites (tertiary alicyclic amines) is 1. The highest BCUT2D eigenvalue weighted by Gasteiger charge is 2.29. The molecular formula is C21H19N3O4. The molecule has 2 heterocycles. The lowest BCUT2D eigenvalue weighted by Gasteiger charge is -2.30. The van der Waals surface area contributed by atoms with Crippen molar-refractivity contribution in [3.05, 3.63) is 71.6 Å². The van der Waals surface area contributed by atoms with Gasteiger partial charge in [0, 0.05) is 24.6 Å². The lowest BCUT2D eigenvalue weighted by molar-refractivity contribution is 0.0659. The number of nitrogens with zero attached hydrogens (tertiary/aromatic N) is 3. The summed E-state index contributed by atoms with van der Waals surface area (Å²) in [6.45, 7) is 1.03. The largest absolute Gasteiger partial charge is 0.478 e. The molecule has 0 spiro atoms. The summed E-state index contributed by atoms with van der Waals surface area (Å²) in [7, 11) is 0. The Bertz CT molecular complexity index is 992. The van der Waals surface area contributed by atoms with Gasteiger partial charge < -0.3 is 14.4 Å². The van der Waals surface area contributed by atoms with Gasteiger partial charge in [-0.2, -0.15) is 0 Å². The van der Waals surface area contributed by atoms with Gasteiger partial charge in [-0.3, -0.25) is 4.79 Å². The number of carboxylic acids is 1. The number of carbonyl (C=O) groups excluding carboxylic acids is 1. The summed E-state index contributed by atoms with van der Waals surface area (Å²) in [4.78, 5) is 25.8. The van der Waals surface area contributed by atoms with Gasteiger partial charge in [-0.1, -0.05) is 30.3 Å². The third-order valence-electron chi connectivity index (χ3n) is 4.98. The van der Waals surface area contributed by atoms with Crippen LogP contribution in [0.1, 0.15) is 45.4 Å². The minimum absolute atomic E-state index is 0.0269. The van der Waals surface area contributed by atoms with Gasteiger partial charge in [0.15, 0.2) is 0 Å². The normalized spacial score (nSPS) is 14.8. The molecular weight excluding hydrogens is 358 g/mol. The highest BCUT2D eigenvalue weighted by Crippen LogP contribution is 2.30. The van der Waals surface area contributed by atoms with Crippen molar-refractivity contribution in [2.45, 2.75) is 18.8 Å². The molecule has 7 nitrogen and oxygen atoms in total. The van der Waals surface area contributed by atoms with E-state index in [2.05, 4.69) is 10.2 Å². The summed E-state index contributed by atoms with van der Waals surface area (Å²) in [6.07, 6.45) is 1.38. The van der Waals surface area contributed by atoms with Crippen LogP contribution < -0.4 is 0 Å². The van der Waals surface area contributed by atoms with E-state index < -0.39 is 5.97 Å². The van der Waals surface area contributed by atoms with E-state index in [-0.39, 0.29) is 23.0 Å². The first-order valence-corrected chi connectivity index (χ1v) is 9.14. The lowest BCUT2D eigenvalue weighted by Crippen LogP contribution is -2.38. The second-order valence-electron chi connectivity index (χ2n) is 6.73. The Balaban J connectivity index is 1.43. The van der Waals surface area contributed by atoms with Crippen LogP contribution in [-0.4, -0.2) is 45.2 Å². The van der Waals surface area contributed by atoms with Crippen molar-refractivity contribution in [1.29, 1.82) is 0 Å². The Morgan fingerprint density at radius 2 is 1.57 bits per heavy atom. The van der Waals surface area contributed by atoms with E-state index in [4.69, 9.17) is 4.42 Å². The molecule has 0 unspecified atom stereocenters. The number of hydrogen-bond donors (Lipinski definition) is 1. The van der Waals surface area contributed by atoms with Crippen molar-refractivity contribution in [3.8, 4) is 11.5 Å². The number of carbonyl (C=O) groups is 2. The predicted molar refractivity (Wildman–Crippen MR) is 101 cm³/mol. The van der Waals surface area contributed by atoms with E-state index in [9.17, 15) is 14.7 Å². The van der Waals surface area contributed by atoms with Crippen molar-refractivity contribution in [3.63, 3.8) is 0 Å². The first-order chi connectivity index (χ1) is 13.6. The van der Waals surface area contributed by atoms with Crippen LogP contribution in [0.3, 0.4) is 0 Å². The van der Waals surface area contributed by atoms with Gasteiger partial charge in [-0.05, 0) is 37.1 Å². The SMILES string of the molecule is O=C(O)c1ccccc1C(=O)N1CCC(c2nnc(-c3ccccc3)o2)CC1. The number of piperidine rings is 1. The standard InChI is InChI=1S/C21H19N3O4/c25-20(16-8-4-5-9-17(16)21(26)27)24-12-10-15(11-13-24)19-23-22-18(28-19)14-6-2-1-3-7-14/h1-9,15H,10-13H2,(H,26,27). The smallest absolute Gasteiger partial charge is 0.336 e. The summed E-state index contributed by atoms with van der Waals surface area (Å²) in [5.74, 6) is -0.199. The van der Waals surface area contributed by atoms with Crippen LogP contribution in [0.4, 0.5) is 0 Å². The van der Waals surface area contributed by atoms with Gasteiger partial charge >= 0.3 is 5.97 Å². The summed E-state index contributed by atoms with van der Waals surface area (Å²) in [5.41, 5.74) is 1.12. The monoisotopic (exact) mass is 377 g/mol. The van der Waals surface area contributed by atoms with Crippen LogP contribution in [0.5, 0.6) is 0 Å². The molecule has 1 aliphatic rings. The van der Waals surface area contributed by atoms with Crippen molar-refractivity contribution in [2.24, 2.45) is 0 Å². The van der Waals surface area contributed by atoms with Crippen LogP contribution in [-0.2, 0) is 0 Å². The van der Waals surface area contributed by atoms with E-state index in [1.54, 1.807) is 23.1 Å². The zero-order chi connectivity index (χ0) is 19.5. The van der Waals surface area contributed by atoms with Gasteiger partial charge in [0.25, 0.3) is 5.91 Å². The average molecular weight is 377 g/mol. The molecule has 3 aromatic rings. The van der Waals surface area contributed by atoms with E-state index in [1.807, 2.05) is 30.3 Å². The van der Waals surface area contributed by atoms with Gasteiger partial charge in [0.2, 0.25) is 11.8 Å². The molecule has 2 aromatic carbocycles. The quantitative estimate of drug-likeness (QED) is 0.748. The highest BCUT2D eigenvalue weighted by atomic mass is 16.4. The number of aromatic carboxylic acids is 1. The lowest BCUT2D eigenvalue weighted by atomic mass is 9.96. The fraction of sp³-hybridized carbons (Fsp3) is 0.238. The van der Waals surface area contributed by atoms with E-state index in [0.717, 1.165) is 5.56 Å². The van der Waals surface area contributed by atoms with Crippen molar-refractivity contribution < 1.29 is 19.1 Å². The molecule has 1 amide bonds. The summed E-state index contributed by atoms with van der Waals surface area (Å²) >= 11 is 0. The van der Waals surface area contributed by atoms with Crippen LogP contribution >= 0.6 is 0 Å². The molecule has 1 fully saturated rings. The highest BCUT2D eigenvalue weighted by molar-refractivity contribution is 6.04. The number of hydrogen-bond acceptors (Lipinski definition) is 5. The Hall–Kier alpha value is -3.48. The second-order valence-corrected chi connectivity index (χ2v) is 6.73. The molecule has 0 bridgehead atoms. The Labute approximate surface area is 161 Å². The molecule has 7 heteroatoms. The first-order valence-electron chi connectivity index (χ1n) is 9.14. The van der Waals surface area contributed by atoms with Gasteiger partial charge in [-0.15, -0.1) is 10.2 Å². The zero-order valence-corrected chi connectivity index (χ0v) is 15.1. The summed E-state index contributed by atoms with van der Waals surface area (Å²) in [6, 6.07) is 15.9. The molecule has 1 aromatic heterocycles. The van der Waals surface area contributed by atoms with Crippen molar-refractivity contribution in [2.75, 3.05) is 13.1 Å². The maximum absolute atomic E-state index is 12.8. The van der Waals surface area contributed by atoms with Crippen molar-refractivity contribution >= 4 is 11.9 Å². The third-order valence-corrected chi connectivity index (χ3v) is 4.98. The molecule has 1 aliphatic heterocycles. The number of aromatic nitrogens is 2.